The van der Waals surface area contributed by atoms with Gasteiger partial charge in [0, 0.05) is 23.1 Å². The Kier molecular flexibility index (Phi) is 7.80. The molecule has 0 bridgehead atoms. The standard InChI is InChI=1S/C17H20Cl2N4O3S3/c1-2-27-17-22-21-16(28-17)20-15(24)11-4-3-7-23(9-11)29(25,26)10-12-5-6-13(18)8-14(12)19/h5-6,8,11H,2-4,7,9-10H2,1H3,(H,20,21,24)/t11-/m0/s1. The molecule has 1 N–H and O–H groups in total. The highest BCUT2D eigenvalue weighted by Gasteiger charge is 2.33. The molecule has 1 aromatic carbocycles. The first-order valence-corrected chi connectivity index (χ1v) is 13.1. The van der Waals surface area contributed by atoms with Crippen LogP contribution in [0.5, 0.6) is 0 Å². The fourth-order valence-corrected chi connectivity index (χ4v) is 6.83. The molecule has 2 heterocycles. The number of hydrogen-bond acceptors (Lipinski definition) is 7. The summed E-state index contributed by atoms with van der Waals surface area (Å²) in [4.78, 5) is 12.6. The highest BCUT2D eigenvalue weighted by molar-refractivity contribution is 8.01. The number of nitrogens with one attached hydrogen (secondary N) is 1. The number of carbonyl (C=O) groups excluding carboxylic acids is 1. The monoisotopic (exact) mass is 494 g/mol. The maximum Gasteiger partial charge on any atom is 0.230 e. The van der Waals surface area contributed by atoms with Crippen molar-refractivity contribution in [1.82, 2.24) is 14.5 Å². The van der Waals surface area contributed by atoms with Gasteiger partial charge in [-0.2, -0.15) is 0 Å². The van der Waals surface area contributed by atoms with E-state index in [9.17, 15) is 13.2 Å². The van der Waals surface area contributed by atoms with E-state index < -0.39 is 15.9 Å². The van der Waals surface area contributed by atoms with Crippen LogP contribution in [-0.4, -0.2) is 47.7 Å². The van der Waals surface area contributed by atoms with E-state index in [1.54, 1.807) is 23.9 Å². The molecular weight excluding hydrogens is 475 g/mol. The number of carbonyl (C=O) groups is 1. The lowest BCUT2D eigenvalue weighted by molar-refractivity contribution is -0.120. The molecule has 158 valence electrons. The van der Waals surface area contributed by atoms with E-state index in [1.165, 1.54) is 21.7 Å². The fourth-order valence-electron chi connectivity index (χ4n) is 2.99. The Morgan fingerprint density at radius 2 is 2.17 bits per heavy atom. The molecule has 3 rings (SSSR count). The Labute approximate surface area is 188 Å². The predicted molar refractivity (Wildman–Crippen MR) is 118 cm³/mol. The topological polar surface area (TPSA) is 92.3 Å². The Hall–Kier alpha value is -0.910. The number of hydrogen-bond donors (Lipinski definition) is 1. The van der Waals surface area contributed by atoms with Crippen molar-refractivity contribution in [2.24, 2.45) is 5.92 Å². The lowest BCUT2D eigenvalue weighted by Gasteiger charge is -2.31. The number of amides is 1. The van der Waals surface area contributed by atoms with Gasteiger partial charge in [0.25, 0.3) is 0 Å². The van der Waals surface area contributed by atoms with Crippen molar-refractivity contribution in [1.29, 1.82) is 0 Å². The van der Waals surface area contributed by atoms with Gasteiger partial charge >= 0.3 is 0 Å². The number of anilines is 1. The van der Waals surface area contributed by atoms with Crippen LogP contribution in [-0.2, 0) is 20.6 Å². The highest BCUT2D eigenvalue weighted by atomic mass is 35.5. The van der Waals surface area contributed by atoms with Crippen molar-refractivity contribution < 1.29 is 13.2 Å². The Morgan fingerprint density at radius 3 is 2.90 bits per heavy atom. The SMILES string of the molecule is CCSc1nnc(NC(=O)[C@H]2CCCN(S(=O)(=O)Cc3ccc(Cl)cc3Cl)C2)s1. The summed E-state index contributed by atoms with van der Waals surface area (Å²) < 4.78 is 27.9. The fraction of sp³-hybridized carbons (Fsp3) is 0.471. The molecule has 0 saturated carbocycles. The van der Waals surface area contributed by atoms with Crippen molar-refractivity contribution >= 4 is 67.4 Å². The Balaban J connectivity index is 1.64. The third-order valence-electron chi connectivity index (χ3n) is 4.41. The molecule has 1 aromatic heterocycles. The van der Waals surface area contributed by atoms with Crippen LogP contribution in [0.4, 0.5) is 5.13 Å². The van der Waals surface area contributed by atoms with E-state index in [4.69, 9.17) is 23.2 Å². The van der Waals surface area contributed by atoms with E-state index >= 15 is 0 Å². The first kappa shape index (κ1) is 22.8. The van der Waals surface area contributed by atoms with Crippen LogP contribution >= 0.6 is 46.3 Å². The smallest absolute Gasteiger partial charge is 0.230 e. The number of aromatic nitrogens is 2. The number of sulfonamides is 1. The van der Waals surface area contributed by atoms with Gasteiger partial charge in [-0.25, -0.2) is 12.7 Å². The van der Waals surface area contributed by atoms with Gasteiger partial charge in [0.15, 0.2) is 4.34 Å². The molecule has 7 nitrogen and oxygen atoms in total. The van der Waals surface area contributed by atoms with Gasteiger partial charge in [0.1, 0.15) is 0 Å². The third-order valence-corrected chi connectivity index (χ3v) is 8.64. The van der Waals surface area contributed by atoms with Gasteiger partial charge in [-0.3, -0.25) is 4.79 Å². The summed E-state index contributed by atoms with van der Waals surface area (Å²) in [6, 6.07) is 4.74. The molecule has 12 heteroatoms. The molecule has 2 aromatic rings. The van der Waals surface area contributed by atoms with Gasteiger partial charge < -0.3 is 5.32 Å². The minimum Gasteiger partial charge on any atom is -0.300 e. The van der Waals surface area contributed by atoms with Crippen LogP contribution in [0, 0.1) is 5.92 Å². The molecule has 29 heavy (non-hydrogen) atoms. The second-order valence-corrected chi connectivity index (χ2v) is 11.8. The second-order valence-electron chi connectivity index (χ2n) is 6.48. The number of thioether (sulfide) groups is 1. The molecule has 1 aliphatic rings. The predicted octanol–water partition coefficient (Wildman–Crippen LogP) is 4.14. The zero-order valence-corrected chi connectivity index (χ0v) is 19.6. The number of piperidine rings is 1. The summed E-state index contributed by atoms with van der Waals surface area (Å²) in [5.74, 6) is -0.0370. The maximum absolute atomic E-state index is 12.9. The van der Waals surface area contributed by atoms with Crippen molar-refractivity contribution in [2.45, 2.75) is 29.9 Å². The quantitative estimate of drug-likeness (QED) is 0.459. The van der Waals surface area contributed by atoms with Crippen LogP contribution < -0.4 is 5.32 Å². The molecule has 1 amide bonds. The minimum absolute atomic E-state index is 0.134. The average molecular weight is 495 g/mol. The van der Waals surface area contributed by atoms with Gasteiger partial charge in [0.2, 0.25) is 21.1 Å². The summed E-state index contributed by atoms with van der Waals surface area (Å²) in [6.07, 6.45) is 1.23. The van der Waals surface area contributed by atoms with Crippen LogP contribution in [0.25, 0.3) is 0 Å². The summed E-state index contributed by atoms with van der Waals surface area (Å²) in [5, 5.41) is 11.9. The van der Waals surface area contributed by atoms with Crippen molar-refractivity contribution in [3.8, 4) is 0 Å². The molecule has 1 aliphatic heterocycles. The van der Waals surface area contributed by atoms with Crippen LogP contribution in [0.2, 0.25) is 10.0 Å². The van der Waals surface area contributed by atoms with E-state index in [0.717, 1.165) is 10.1 Å². The number of nitrogens with zero attached hydrogens (tertiary/aromatic N) is 3. The van der Waals surface area contributed by atoms with Crippen LogP contribution in [0.15, 0.2) is 22.5 Å². The van der Waals surface area contributed by atoms with Gasteiger partial charge in [-0.1, -0.05) is 59.3 Å². The molecule has 0 spiro atoms. The average Bonchev–Trinajstić information content (AvgIpc) is 3.11. The van der Waals surface area contributed by atoms with Crippen molar-refractivity contribution in [2.75, 3.05) is 24.2 Å². The van der Waals surface area contributed by atoms with Gasteiger partial charge in [0.05, 0.1) is 11.7 Å². The largest absolute Gasteiger partial charge is 0.300 e. The van der Waals surface area contributed by atoms with Crippen LogP contribution in [0.1, 0.15) is 25.3 Å². The first-order chi connectivity index (χ1) is 13.8. The van der Waals surface area contributed by atoms with Crippen molar-refractivity contribution in [3.05, 3.63) is 33.8 Å². The first-order valence-electron chi connectivity index (χ1n) is 8.97. The van der Waals surface area contributed by atoms with E-state index in [0.29, 0.717) is 40.1 Å². The molecule has 1 fully saturated rings. The minimum atomic E-state index is -3.62. The molecular formula is C17H20Cl2N4O3S3. The number of halogens is 2. The number of rotatable bonds is 7. The maximum atomic E-state index is 12.9. The molecule has 1 atom stereocenters. The van der Waals surface area contributed by atoms with E-state index in [1.807, 2.05) is 6.92 Å². The van der Waals surface area contributed by atoms with E-state index in [-0.39, 0.29) is 18.2 Å². The molecule has 1 saturated heterocycles. The highest BCUT2D eigenvalue weighted by Crippen LogP contribution is 2.28. The Bertz CT molecular complexity index is 984. The zero-order valence-electron chi connectivity index (χ0n) is 15.6. The summed E-state index contributed by atoms with van der Waals surface area (Å²) in [6.45, 7) is 2.53. The Morgan fingerprint density at radius 1 is 1.38 bits per heavy atom. The third kappa shape index (κ3) is 6.05. The van der Waals surface area contributed by atoms with Gasteiger partial charge in [-0.05, 0) is 36.3 Å². The zero-order chi connectivity index (χ0) is 21.0. The summed E-state index contributed by atoms with van der Waals surface area (Å²) in [5.41, 5.74) is 0.484. The number of benzene rings is 1. The molecule has 0 radical (unpaired) electrons. The summed E-state index contributed by atoms with van der Waals surface area (Å²) >= 11 is 14.9. The lowest BCUT2D eigenvalue weighted by Crippen LogP contribution is -2.44. The van der Waals surface area contributed by atoms with E-state index in [2.05, 4.69) is 15.5 Å². The second kappa shape index (κ2) is 9.93. The lowest BCUT2D eigenvalue weighted by atomic mass is 9.99. The van der Waals surface area contributed by atoms with Gasteiger partial charge in [-0.15, -0.1) is 10.2 Å². The van der Waals surface area contributed by atoms with Crippen molar-refractivity contribution in [3.63, 3.8) is 0 Å². The van der Waals surface area contributed by atoms with Crippen LogP contribution in [0.3, 0.4) is 0 Å². The normalized spacial score (nSPS) is 18.0. The molecule has 0 aliphatic carbocycles. The molecule has 0 unspecified atom stereocenters. The summed E-state index contributed by atoms with van der Waals surface area (Å²) in [7, 11) is -3.62.